The minimum absolute atomic E-state index is 0.0822. The molecule has 158 valence electrons. The predicted octanol–water partition coefficient (Wildman–Crippen LogP) is 6.88. The molecule has 0 amide bonds. The molecule has 30 heavy (non-hydrogen) atoms. The van der Waals surface area contributed by atoms with Crippen LogP contribution in [0.2, 0.25) is 0 Å². The highest BCUT2D eigenvalue weighted by Gasteiger charge is 2.30. The first kappa shape index (κ1) is 22.8. The van der Waals surface area contributed by atoms with E-state index in [-0.39, 0.29) is 11.3 Å². The quantitative estimate of drug-likeness (QED) is 0.359. The van der Waals surface area contributed by atoms with Gasteiger partial charge in [-0.3, -0.25) is 0 Å². The van der Waals surface area contributed by atoms with Crippen molar-refractivity contribution in [1.29, 1.82) is 0 Å². The maximum Gasteiger partial charge on any atom is 0.122 e. The normalized spacial score (nSPS) is 15.7. The molecule has 0 aliphatic heterocycles. The molecule has 0 heterocycles. The van der Waals surface area contributed by atoms with Gasteiger partial charge in [-0.25, -0.2) is 0 Å². The van der Waals surface area contributed by atoms with Gasteiger partial charge >= 0.3 is 0 Å². The lowest BCUT2D eigenvalue weighted by Gasteiger charge is -2.24. The van der Waals surface area contributed by atoms with Crippen molar-refractivity contribution in [3.8, 4) is 0 Å². The van der Waals surface area contributed by atoms with Gasteiger partial charge in [0.25, 0.3) is 0 Å². The topological polar surface area (TPSA) is 34.1 Å². The molecular formula is C26H32O2P2. The van der Waals surface area contributed by atoms with Crippen molar-refractivity contribution in [3.05, 3.63) is 96.1 Å². The zero-order chi connectivity index (χ0) is 21.8. The van der Waals surface area contributed by atoms with Crippen molar-refractivity contribution in [1.82, 2.24) is 0 Å². The van der Waals surface area contributed by atoms with Gasteiger partial charge in [-0.2, -0.15) is 0 Å². The lowest BCUT2D eigenvalue weighted by atomic mass is 10.2. The molecule has 0 N–H and O–H groups in total. The van der Waals surface area contributed by atoms with E-state index in [0.29, 0.717) is 12.3 Å². The molecule has 4 heteroatoms. The maximum atomic E-state index is 13.8. The largest absolute Gasteiger partial charge is 0.318 e. The number of hydrogen-bond donors (Lipinski definition) is 0. The first-order chi connectivity index (χ1) is 14.3. The predicted molar refractivity (Wildman–Crippen MR) is 131 cm³/mol. The van der Waals surface area contributed by atoms with Crippen molar-refractivity contribution in [2.45, 2.75) is 51.3 Å². The van der Waals surface area contributed by atoms with Gasteiger partial charge in [0.05, 0.1) is 0 Å². The van der Waals surface area contributed by atoms with E-state index in [1.165, 1.54) is 0 Å². The molecule has 0 aromatic heterocycles. The van der Waals surface area contributed by atoms with E-state index >= 15 is 0 Å². The highest BCUT2D eigenvalue weighted by Crippen LogP contribution is 2.54. The van der Waals surface area contributed by atoms with E-state index in [9.17, 15) is 9.13 Å². The fourth-order valence-corrected chi connectivity index (χ4v) is 8.95. The standard InChI is InChI=1S/C26H32O2P2/c1-21(2)29(27,25-11-7-5-8-12-25)19-23-15-17-24(18-16-23)20-30(28,22(3)4)26-13-9-6-10-14-26/h5-18,21-22H,19-20H2,1-4H3. The summed E-state index contributed by atoms with van der Waals surface area (Å²) in [5.41, 5.74) is 2.30. The fraction of sp³-hybridized carbons (Fsp3) is 0.308. The second kappa shape index (κ2) is 9.51. The van der Waals surface area contributed by atoms with Gasteiger partial charge < -0.3 is 9.13 Å². The summed E-state index contributed by atoms with van der Waals surface area (Å²) >= 11 is 0. The molecule has 0 fully saturated rings. The minimum atomic E-state index is -2.54. The Morgan fingerprint density at radius 1 is 0.533 bits per heavy atom. The zero-order valence-corrected chi connectivity index (χ0v) is 20.2. The van der Waals surface area contributed by atoms with Crippen LogP contribution in [0, 0.1) is 0 Å². The molecule has 2 nitrogen and oxygen atoms in total. The van der Waals surface area contributed by atoms with Crippen LogP contribution in [0.3, 0.4) is 0 Å². The lowest BCUT2D eigenvalue weighted by Crippen LogP contribution is -2.15. The Kier molecular flexibility index (Phi) is 7.22. The van der Waals surface area contributed by atoms with Crippen molar-refractivity contribution in [3.63, 3.8) is 0 Å². The Morgan fingerprint density at radius 2 is 0.833 bits per heavy atom. The minimum Gasteiger partial charge on any atom is -0.318 e. The van der Waals surface area contributed by atoms with Gasteiger partial charge in [-0.15, -0.1) is 0 Å². The molecule has 3 rings (SSSR count). The SMILES string of the molecule is CC(C)P(=O)(Cc1ccc(CP(=O)(c2ccccc2)C(C)C)cc1)c1ccccc1. The maximum absolute atomic E-state index is 13.8. The molecule has 0 saturated heterocycles. The fourth-order valence-electron chi connectivity index (χ4n) is 3.80. The van der Waals surface area contributed by atoms with Gasteiger partial charge in [0.15, 0.2) is 0 Å². The van der Waals surface area contributed by atoms with Gasteiger partial charge in [0, 0.05) is 34.3 Å². The van der Waals surface area contributed by atoms with Gasteiger partial charge in [-0.1, -0.05) is 113 Å². The van der Waals surface area contributed by atoms with Crippen LogP contribution >= 0.6 is 14.3 Å². The molecule has 3 aromatic rings. The van der Waals surface area contributed by atoms with Crippen LogP contribution in [-0.4, -0.2) is 11.3 Å². The monoisotopic (exact) mass is 438 g/mol. The molecule has 0 bridgehead atoms. The van der Waals surface area contributed by atoms with E-state index < -0.39 is 14.3 Å². The summed E-state index contributed by atoms with van der Waals surface area (Å²) in [5.74, 6) is 0. The Hall–Kier alpha value is -1.88. The van der Waals surface area contributed by atoms with Crippen LogP contribution in [0.4, 0.5) is 0 Å². The molecule has 0 spiro atoms. The van der Waals surface area contributed by atoms with Crippen LogP contribution in [-0.2, 0) is 21.5 Å². The third-order valence-corrected chi connectivity index (χ3v) is 13.3. The van der Waals surface area contributed by atoms with Crippen LogP contribution in [0.15, 0.2) is 84.9 Å². The van der Waals surface area contributed by atoms with Crippen molar-refractivity contribution < 1.29 is 9.13 Å². The zero-order valence-electron chi connectivity index (χ0n) is 18.4. The molecule has 0 radical (unpaired) electrons. The van der Waals surface area contributed by atoms with Crippen molar-refractivity contribution in [2.24, 2.45) is 0 Å². The number of benzene rings is 3. The summed E-state index contributed by atoms with van der Waals surface area (Å²) < 4.78 is 27.7. The summed E-state index contributed by atoms with van der Waals surface area (Å²) in [5, 5.41) is 1.88. The van der Waals surface area contributed by atoms with E-state index in [2.05, 4.69) is 24.3 Å². The first-order valence-corrected chi connectivity index (χ1v) is 14.5. The summed E-state index contributed by atoms with van der Waals surface area (Å²) in [4.78, 5) is 0. The highest BCUT2D eigenvalue weighted by molar-refractivity contribution is 7.71. The molecule has 0 aliphatic carbocycles. The van der Waals surface area contributed by atoms with E-state index in [1.54, 1.807) is 0 Å². The molecule has 0 saturated carbocycles. The Labute approximate surface area is 181 Å². The average molecular weight is 438 g/mol. The van der Waals surface area contributed by atoms with E-state index in [4.69, 9.17) is 0 Å². The van der Waals surface area contributed by atoms with E-state index in [0.717, 1.165) is 21.7 Å². The second-order valence-electron chi connectivity index (χ2n) is 8.58. The number of rotatable bonds is 8. The highest BCUT2D eigenvalue weighted by atomic mass is 31.2. The third-order valence-electron chi connectivity index (χ3n) is 5.91. The summed E-state index contributed by atoms with van der Waals surface area (Å²) in [6, 6.07) is 27.9. The summed E-state index contributed by atoms with van der Waals surface area (Å²) in [6.45, 7) is 8.17. The Morgan fingerprint density at radius 3 is 1.10 bits per heavy atom. The summed E-state index contributed by atoms with van der Waals surface area (Å²) in [6.07, 6.45) is 1.10. The smallest absolute Gasteiger partial charge is 0.122 e. The van der Waals surface area contributed by atoms with Crippen LogP contribution in [0.25, 0.3) is 0 Å². The third kappa shape index (κ3) is 4.88. The van der Waals surface area contributed by atoms with Crippen LogP contribution in [0.1, 0.15) is 38.8 Å². The Bertz CT molecular complexity index is 953. The van der Waals surface area contributed by atoms with Crippen LogP contribution < -0.4 is 10.6 Å². The van der Waals surface area contributed by atoms with Gasteiger partial charge in [-0.05, 0) is 11.1 Å². The first-order valence-electron chi connectivity index (χ1n) is 10.6. The number of hydrogen-bond acceptors (Lipinski definition) is 2. The Balaban J connectivity index is 1.84. The van der Waals surface area contributed by atoms with Crippen LogP contribution in [0.5, 0.6) is 0 Å². The molecule has 0 aliphatic rings. The average Bonchev–Trinajstić information content (AvgIpc) is 2.76. The molecule has 2 atom stereocenters. The molecule has 2 unspecified atom stereocenters. The van der Waals surface area contributed by atoms with Crippen molar-refractivity contribution >= 4 is 24.9 Å². The lowest BCUT2D eigenvalue weighted by molar-refractivity contribution is 0.573. The van der Waals surface area contributed by atoms with Crippen molar-refractivity contribution in [2.75, 3.05) is 0 Å². The van der Waals surface area contributed by atoms with Gasteiger partial charge in [0.2, 0.25) is 0 Å². The summed E-state index contributed by atoms with van der Waals surface area (Å²) in [7, 11) is -5.08. The second-order valence-corrected chi connectivity index (χ2v) is 15.5. The van der Waals surface area contributed by atoms with E-state index in [1.807, 2.05) is 88.4 Å². The van der Waals surface area contributed by atoms with Gasteiger partial charge in [0.1, 0.15) is 14.3 Å². The molecular weight excluding hydrogens is 406 g/mol. The molecule has 3 aromatic carbocycles.